The van der Waals surface area contributed by atoms with Gasteiger partial charge in [-0.15, -0.1) is 0 Å². The average Bonchev–Trinajstić information content (AvgIpc) is 2.81. The van der Waals surface area contributed by atoms with E-state index in [0.717, 1.165) is 39.3 Å². The lowest BCUT2D eigenvalue weighted by Gasteiger charge is -2.39. The minimum absolute atomic E-state index is 0.112. The third-order valence-electron chi connectivity index (χ3n) is 6.78. The molecule has 2 aliphatic rings. The highest BCUT2D eigenvalue weighted by Gasteiger charge is 2.29. The number of rotatable bonds is 6. The van der Waals surface area contributed by atoms with Gasteiger partial charge in [0.05, 0.1) is 24.3 Å². The molecule has 2 aliphatic heterocycles. The molecule has 0 aliphatic carbocycles. The van der Waals surface area contributed by atoms with Crippen molar-refractivity contribution >= 4 is 0 Å². The van der Waals surface area contributed by atoms with Crippen LogP contribution in [0.25, 0.3) is 0 Å². The van der Waals surface area contributed by atoms with Gasteiger partial charge in [-0.3, -0.25) is 9.80 Å². The van der Waals surface area contributed by atoms with Gasteiger partial charge in [0.1, 0.15) is 0 Å². The number of hydrogen-bond donors (Lipinski definition) is 4. The van der Waals surface area contributed by atoms with Crippen molar-refractivity contribution in [2.45, 2.75) is 64.1 Å². The van der Waals surface area contributed by atoms with E-state index < -0.39 is 0 Å². The molecule has 0 bridgehead atoms. The molecule has 188 valence electrons. The van der Waals surface area contributed by atoms with Crippen molar-refractivity contribution in [3.05, 3.63) is 71.8 Å². The van der Waals surface area contributed by atoms with Crippen molar-refractivity contribution in [1.82, 2.24) is 20.4 Å². The maximum atomic E-state index is 10.0. The summed E-state index contributed by atoms with van der Waals surface area (Å²) >= 11 is 0. The molecule has 6 heteroatoms. The molecule has 4 N–H and O–H groups in total. The molecule has 0 spiro atoms. The first-order chi connectivity index (χ1) is 16.4. The van der Waals surface area contributed by atoms with Gasteiger partial charge in [0.25, 0.3) is 0 Å². The summed E-state index contributed by atoms with van der Waals surface area (Å²) in [4.78, 5) is 4.75. The molecule has 2 aromatic rings. The van der Waals surface area contributed by atoms with Gasteiger partial charge in [-0.1, -0.05) is 60.7 Å². The Morgan fingerprint density at radius 3 is 1.32 bits per heavy atom. The lowest BCUT2D eigenvalue weighted by molar-refractivity contribution is 0.0436. The fraction of sp³-hybridized carbons (Fsp3) is 0.571. The Morgan fingerprint density at radius 1 is 0.676 bits per heavy atom. The van der Waals surface area contributed by atoms with E-state index in [-0.39, 0.29) is 24.3 Å². The van der Waals surface area contributed by atoms with Crippen molar-refractivity contribution in [2.24, 2.45) is 0 Å². The van der Waals surface area contributed by atoms with Crippen LogP contribution in [0.15, 0.2) is 60.7 Å². The van der Waals surface area contributed by atoms with Gasteiger partial charge in [-0.25, -0.2) is 0 Å². The van der Waals surface area contributed by atoms with Gasteiger partial charge in [-0.2, -0.15) is 0 Å². The van der Waals surface area contributed by atoms with Gasteiger partial charge >= 0.3 is 0 Å². The Labute approximate surface area is 206 Å². The highest BCUT2D eigenvalue weighted by Crippen LogP contribution is 2.26. The summed E-state index contributed by atoms with van der Waals surface area (Å²) in [5, 5.41) is 27.0. The second-order valence-electron chi connectivity index (χ2n) is 9.89. The van der Waals surface area contributed by atoms with E-state index in [9.17, 15) is 10.2 Å². The zero-order chi connectivity index (χ0) is 24.5. The van der Waals surface area contributed by atoms with Gasteiger partial charge in [0.15, 0.2) is 0 Å². The number of aliphatic hydroxyl groups excluding tert-OH is 2. The molecule has 0 aromatic heterocycles. The number of piperazine rings is 2. The molecule has 4 rings (SSSR count). The standard InChI is InChI=1S/2C14H22N2O/c2*1-11-10-16(9-8-15-11)14(12(2)17)13-6-4-3-5-7-13/h2*3-7,11-12,14-15,17H,8-10H2,1-2H3/t11-,12?,14+;11-,12?,14-/m11/s1. The van der Waals surface area contributed by atoms with Crippen LogP contribution in [0.5, 0.6) is 0 Å². The lowest BCUT2D eigenvalue weighted by atomic mass is 9.99. The molecule has 0 amide bonds. The maximum absolute atomic E-state index is 10.0. The smallest absolute Gasteiger partial charge is 0.0708 e. The quantitative estimate of drug-likeness (QED) is 0.523. The van der Waals surface area contributed by atoms with Crippen LogP contribution in [0.1, 0.15) is 50.9 Å². The molecule has 6 atom stereocenters. The Morgan fingerprint density at radius 2 is 1.03 bits per heavy atom. The highest BCUT2D eigenvalue weighted by molar-refractivity contribution is 5.21. The van der Waals surface area contributed by atoms with Crippen molar-refractivity contribution in [3.63, 3.8) is 0 Å². The van der Waals surface area contributed by atoms with E-state index in [1.807, 2.05) is 50.2 Å². The molecule has 2 heterocycles. The molecule has 2 aromatic carbocycles. The first-order valence-electron chi connectivity index (χ1n) is 12.8. The molecule has 0 saturated carbocycles. The van der Waals surface area contributed by atoms with Crippen LogP contribution < -0.4 is 10.6 Å². The Balaban J connectivity index is 0.000000191. The summed E-state index contributed by atoms with van der Waals surface area (Å²) in [7, 11) is 0. The number of nitrogens with one attached hydrogen (secondary N) is 2. The van der Waals surface area contributed by atoms with E-state index >= 15 is 0 Å². The van der Waals surface area contributed by atoms with E-state index in [1.165, 1.54) is 11.1 Å². The molecule has 34 heavy (non-hydrogen) atoms. The maximum Gasteiger partial charge on any atom is 0.0708 e. The summed E-state index contributed by atoms with van der Waals surface area (Å²) in [5.74, 6) is 0. The van der Waals surface area contributed by atoms with Crippen LogP contribution in [-0.4, -0.2) is 83.6 Å². The Bertz CT molecular complexity index is 748. The number of benzene rings is 2. The molecule has 6 nitrogen and oxygen atoms in total. The number of hydrogen-bond acceptors (Lipinski definition) is 6. The van der Waals surface area contributed by atoms with Crippen molar-refractivity contribution in [3.8, 4) is 0 Å². The largest absolute Gasteiger partial charge is 0.391 e. The minimum Gasteiger partial charge on any atom is -0.391 e. The summed E-state index contributed by atoms with van der Waals surface area (Å²) in [6.45, 7) is 14.1. The summed E-state index contributed by atoms with van der Waals surface area (Å²) in [6.07, 6.45) is -0.689. The predicted octanol–water partition coefficient (Wildman–Crippen LogP) is 2.80. The van der Waals surface area contributed by atoms with Crippen LogP contribution >= 0.6 is 0 Å². The molecule has 0 radical (unpaired) electrons. The van der Waals surface area contributed by atoms with E-state index in [2.05, 4.69) is 58.5 Å². The van der Waals surface area contributed by atoms with Crippen molar-refractivity contribution in [1.29, 1.82) is 0 Å². The van der Waals surface area contributed by atoms with Gasteiger partial charge in [-0.05, 0) is 38.8 Å². The highest BCUT2D eigenvalue weighted by atomic mass is 16.3. The van der Waals surface area contributed by atoms with Crippen molar-refractivity contribution in [2.75, 3.05) is 39.3 Å². The zero-order valence-electron chi connectivity index (χ0n) is 21.3. The third-order valence-corrected chi connectivity index (χ3v) is 6.78. The minimum atomic E-state index is -0.345. The Hall–Kier alpha value is -1.80. The molecule has 2 unspecified atom stereocenters. The van der Waals surface area contributed by atoms with Crippen LogP contribution in [0.4, 0.5) is 0 Å². The second-order valence-corrected chi connectivity index (χ2v) is 9.89. The van der Waals surface area contributed by atoms with Crippen LogP contribution in [0.3, 0.4) is 0 Å². The summed E-state index contributed by atoms with van der Waals surface area (Å²) < 4.78 is 0. The fourth-order valence-electron chi connectivity index (χ4n) is 5.32. The topological polar surface area (TPSA) is 71.0 Å². The SMILES string of the molecule is CC(O)[C@@H](c1ccccc1)N1CCN[C@H](C)C1.CC(O)[C@H](c1ccccc1)N1CCN[C@H](C)C1. The number of nitrogens with zero attached hydrogens (tertiary/aromatic N) is 2. The van der Waals surface area contributed by atoms with Gasteiger partial charge in [0.2, 0.25) is 0 Å². The van der Waals surface area contributed by atoms with E-state index in [4.69, 9.17) is 0 Å². The monoisotopic (exact) mass is 468 g/mol. The predicted molar refractivity (Wildman–Crippen MR) is 140 cm³/mol. The summed E-state index contributed by atoms with van der Waals surface area (Å²) in [5.41, 5.74) is 2.41. The van der Waals surface area contributed by atoms with E-state index in [0.29, 0.717) is 12.1 Å². The van der Waals surface area contributed by atoms with Crippen molar-refractivity contribution < 1.29 is 10.2 Å². The first-order valence-corrected chi connectivity index (χ1v) is 12.8. The molecule has 2 fully saturated rings. The van der Waals surface area contributed by atoms with Crippen LogP contribution in [0, 0.1) is 0 Å². The normalized spacial score (nSPS) is 25.5. The molecular formula is C28H44N4O2. The lowest BCUT2D eigenvalue weighted by Crippen LogP contribution is -2.52. The van der Waals surface area contributed by atoms with Crippen LogP contribution in [0.2, 0.25) is 0 Å². The van der Waals surface area contributed by atoms with Crippen LogP contribution in [-0.2, 0) is 0 Å². The third kappa shape index (κ3) is 7.60. The fourth-order valence-corrected chi connectivity index (χ4v) is 5.32. The van der Waals surface area contributed by atoms with Gasteiger partial charge in [0, 0.05) is 51.4 Å². The first kappa shape index (κ1) is 26.8. The Kier molecular flexibility index (Phi) is 10.5. The number of aliphatic hydroxyl groups is 2. The average molecular weight is 469 g/mol. The molecule has 2 saturated heterocycles. The second kappa shape index (κ2) is 13.3. The summed E-state index contributed by atoms with van der Waals surface area (Å²) in [6, 6.07) is 21.8. The van der Waals surface area contributed by atoms with E-state index in [1.54, 1.807) is 0 Å². The zero-order valence-corrected chi connectivity index (χ0v) is 21.3. The van der Waals surface area contributed by atoms with Gasteiger partial charge < -0.3 is 20.8 Å². The molecular weight excluding hydrogens is 424 g/mol.